The SMILES string of the molecule is Cc1nc(CNS(=O)(=O)c2ccccc2C#N)cs1. The third-order valence-corrected chi connectivity index (χ3v) is 4.69. The van der Waals surface area contributed by atoms with Crippen LogP contribution in [0, 0.1) is 18.3 Å². The molecule has 0 saturated heterocycles. The fourth-order valence-electron chi connectivity index (χ4n) is 1.53. The molecule has 0 aliphatic carbocycles. The Bertz CT molecular complexity index is 729. The van der Waals surface area contributed by atoms with E-state index in [0.29, 0.717) is 5.69 Å². The van der Waals surface area contributed by atoms with Gasteiger partial charge in [0.2, 0.25) is 10.0 Å². The second-order valence-corrected chi connectivity index (χ2v) is 6.59. The minimum absolute atomic E-state index is 0.00977. The molecule has 98 valence electrons. The van der Waals surface area contributed by atoms with Crippen molar-refractivity contribution in [2.45, 2.75) is 18.4 Å². The van der Waals surface area contributed by atoms with Crippen LogP contribution in [0.2, 0.25) is 0 Å². The summed E-state index contributed by atoms with van der Waals surface area (Å²) in [6.07, 6.45) is 0. The second kappa shape index (κ2) is 5.48. The smallest absolute Gasteiger partial charge is 0.242 e. The van der Waals surface area contributed by atoms with Crippen LogP contribution < -0.4 is 4.72 Å². The van der Waals surface area contributed by atoms with Crippen LogP contribution in [0.25, 0.3) is 0 Å². The third-order valence-electron chi connectivity index (χ3n) is 2.41. The first-order chi connectivity index (χ1) is 9.03. The van der Waals surface area contributed by atoms with Gasteiger partial charge in [-0.1, -0.05) is 12.1 Å². The summed E-state index contributed by atoms with van der Waals surface area (Å²) in [5.74, 6) is 0. The molecule has 0 amide bonds. The average Bonchev–Trinajstić information content (AvgIpc) is 2.82. The van der Waals surface area contributed by atoms with Gasteiger partial charge in [-0.2, -0.15) is 5.26 Å². The quantitative estimate of drug-likeness (QED) is 0.931. The van der Waals surface area contributed by atoms with E-state index >= 15 is 0 Å². The van der Waals surface area contributed by atoms with E-state index in [-0.39, 0.29) is 17.0 Å². The van der Waals surface area contributed by atoms with Gasteiger partial charge >= 0.3 is 0 Å². The zero-order chi connectivity index (χ0) is 13.9. The molecule has 0 saturated carbocycles. The summed E-state index contributed by atoms with van der Waals surface area (Å²) in [6, 6.07) is 7.97. The summed E-state index contributed by atoms with van der Waals surface area (Å²) >= 11 is 1.46. The van der Waals surface area contributed by atoms with Gasteiger partial charge in [0.15, 0.2) is 0 Å². The van der Waals surface area contributed by atoms with Gasteiger partial charge in [-0.25, -0.2) is 18.1 Å². The Balaban J connectivity index is 2.21. The lowest BCUT2D eigenvalue weighted by Gasteiger charge is -2.06. The summed E-state index contributed by atoms with van der Waals surface area (Å²) in [7, 11) is -3.70. The number of aryl methyl sites for hydroxylation is 1. The number of rotatable bonds is 4. The van der Waals surface area contributed by atoms with Crippen LogP contribution in [0.15, 0.2) is 34.5 Å². The molecule has 2 rings (SSSR count). The van der Waals surface area contributed by atoms with E-state index in [4.69, 9.17) is 5.26 Å². The molecule has 5 nitrogen and oxygen atoms in total. The van der Waals surface area contributed by atoms with Crippen molar-refractivity contribution >= 4 is 21.4 Å². The minimum atomic E-state index is -3.70. The Morgan fingerprint density at radius 1 is 1.42 bits per heavy atom. The monoisotopic (exact) mass is 293 g/mol. The zero-order valence-corrected chi connectivity index (χ0v) is 11.8. The molecule has 19 heavy (non-hydrogen) atoms. The Morgan fingerprint density at radius 2 is 2.16 bits per heavy atom. The third kappa shape index (κ3) is 3.17. The second-order valence-electron chi connectivity index (χ2n) is 3.79. The van der Waals surface area contributed by atoms with Crippen molar-refractivity contribution in [3.8, 4) is 6.07 Å². The number of hydrogen-bond donors (Lipinski definition) is 1. The first-order valence-electron chi connectivity index (χ1n) is 5.43. The van der Waals surface area contributed by atoms with Crippen molar-refractivity contribution in [2.75, 3.05) is 0 Å². The van der Waals surface area contributed by atoms with Gasteiger partial charge in [0, 0.05) is 5.38 Å². The van der Waals surface area contributed by atoms with Crippen molar-refractivity contribution in [1.82, 2.24) is 9.71 Å². The number of thiazole rings is 1. The summed E-state index contributed by atoms with van der Waals surface area (Å²) in [4.78, 5) is 4.17. The Morgan fingerprint density at radius 3 is 2.79 bits per heavy atom. The van der Waals surface area contributed by atoms with Crippen molar-refractivity contribution in [1.29, 1.82) is 5.26 Å². The van der Waals surface area contributed by atoms with E-state index in [2.05, 4.69) is 9.71 Å². The number of benzene rings is 1. The fraction of sp³-hybridized carbons (Fsp3) is 0.167. The largest absolute Gasteiger partial charge is 0.245 e. The van der Waals surface area contributed by atoms with Gasteiger partial charge in [-0.3, -0.25) is 0 Å². The molecule has 1 N–H and O–H groups in total. The zero-order valence-electron chi connectivity index (χ0n) is 10.1. The van der Waals surface area contributed by atoms with Crippen molar-refractivity contribution in [3.63, 3.8) is 0 Å². The van der Waals surface area contributed by atoms with Gasteiger partial charge in [0.25, 0.3) is 0 Å². The lowest BCUT2D eigenvalue weighted by atomic mass is 10.2. The summed E-state index contributed by atoms with van der Waals surface area (Å²) in [5.41, 5.74) is 0.796. The van der Waals surface area contributed by atoms with Crippen molar-refractivity contribution in [2.24, 2.45) is 0 Å². The molecule has 1 aromatic carbocycles. The predicted octanol–water partition coefficient (Wildman–Crippen LogP) is 1.80. The van der Waals surface area contributed by atoms with Crippen LogP contribution >= 0.6 is 11.3 Å². The van der Waals surface area contributed by atoms with Gasteiger partial charge in [0.05, 0.1) is 27.7 Å². The number of aromatic nitrogens is 1. The highest BCUT2D eigenvalue weighted by atomic mass is 32.2. The Hall–Kier alpha value is -1.75. The Labute approximate surface area is 115 Å². The van der Waals surface area contributed by atoms with E-state index in [1.165, 1.54) is 23.5 Å². The Kier molecular flexibility index (Phi) is 3.95. The molecule has 0 spiro atoms. The van der Waals surface area contributed by atoms with E-state index in [1.807, 2.05) is 13.0 Å². The van der Waals surface area contributed by atoms with Crippen LogP contribution in [0.1, 0.15) is 16.3 Å². The van der Waals surface area contributed by atoms with Crippen LogP contribution in [0.4, 0.5) is 0 Å². The summed E-state index contributed by atoms with van der Waals surface area (Å²) in [5, 5.41) is 11.6. The van der Waals surface area contributed by atoms with Gasteiger partial charge in [0.1, 0.15) is 6.07 Å². The van der Waals surface area contributed by atoms with E-state index < -0.39 is 10.0 Å². The fourth-order valence-corrected chi connectivity index (χ4v) is 3.30. The molecule has 1 aromatic heterocycles. The summed E-state index contributed by atoms with van der Waals surface area (Å²) in [6.45, 7) is 1.97. The molecule has 0 fully saturated rings. The van der Waals surface area contributed by atoms with Gasteiger partial charge in [-0.05, 0) is 19.1 Å². The molecule has 0 atom stereocenters. The molecule has 0 aliphatic rings. The maximum atomic E-state index is 12.1. The predicted molar refractivity (Wildman–Crippen MR) is 72.0 cm³/mol. The van der Waals surface area contributed by atoms with E-state index in [0.717, 1.165) is 5.01 Å². The van der Waals surface area contributed by atoms with Crippen molar-refractivity contribution in [3.05, 3.63) is 45.9 Å². The molecule has 0 aliphatic heterocycles. The highest BCUT2D eigenvalue weighted by molar-refractivity contribution is 7.89. The first-order valence-corrected chi connectivity index (χ1v) is 7.79. The lowest BCUT2D eigenvalue weighted by molar-refractivity contribution is 0.580. The first kappa shape index (κ1) is 13.7. The molecular weight excluding hydrogens is 282 g/mol. The topological polar surface area (TPSA) is 82.8 Å². The number of nitrogens with zero attached hydrogens (tertiary/aromatic N) is 2. The van der Waals surface area contributed by atoms with Gasteiger partial charge in [-0.15, -0.1) is 11.3 Å². The average molecular weight is 293 g/mol. The van der Waals surface area contributed by atoms with Crippen LogP contribution in [0.3, 0.4) is 0 Å². The van der Waals surface area contributed by atoms with Crippen molar-refractivity contribution < 1.29 is 8.42 Å². The molecular formula is C12H11N3O2S2. The molecule has 0 bridgehead atoms. The molecule has 0 radical (unpaired) electrons. The minimum Gasteiger partial charge on any atom is -0.245 e. The van der Waals surface area contributed by atoms with Gasteiger partial charge < -0.3 is 0 Å². The van der Waals surface area contributed by atoms with E-state index in [1.54, 1.807) is 17.5 Å². The highest BCUT2D eigenvalue weighted by Crippen LogP contribution is 2.15. The maximum Gasteiger partial charge on any atom is 0.242 e. The number of hydrogen-bond acceptors (Lipinski definition) is 5. The number of sulfonamides is 1. The number of nitrogens with one attached hydrogen (secondary N) is 1. The normalized spacial score (nSPS) is 11.2. The lowest BCUT2D eigenvalue weighted by Crippen LogP contribution is -2.24. The van der Waals surface area contributed by atoms with E-state index in [9.17, 15) is 8.42 Å². The van der Waals surface area contributed by atoms with Crippen LogP contribution in [0.5, 0.6) is 0 Å². The molecule has 2 aromatic rings. The molecule has 0 unspecified atom stereocenters. The summed E-state index contributed by atoms with van der Waals surface area (Å²) < 4.78 is 26.7. The number of nitriles is 1. The maximum absolute atomic E-state index is 12.1. The molecule has 1 heterocycles. The van der Waals surface area contributed by atoms with Crippen LogP contribution in [-0.2, 0) is 16.6 Å². The highest BCUT2D eigenvalue weighted by Gasteiger charge is 2.18. The standard InChI is InChI=1S/C12H11N3O2S2/c1-9-15-11(8-18-9)7-14-19(16,17)12-5-3-2-4-10(12)6-13/h2-5,8,14H,7H2,1H3. The molecule has 7 heteroatoms. The van der Waals surface area contributed by atoms with Crippen LogP contribution in [-0.4, -0.2) is 13.4 Å².